The van der Waals surface area contributed by atoms with Crippen LogP contribution in [0.15, 0.2) is 23.2 Å². The highest BCUT2D eigenvalue weighted by atomic mass is 16.5. The monoisotopic (exact) mass is 220 g/mol. The highest BCUT2D eigenvalue weighted by molar-refractivity contribution is 5.68. The van der Waals surface area contributed by atoms with Gasteiger partial charge in [-0.1, -0.05) is 0 Å². The number of ether oxygens (including phenoxy) is 2. The standard InChI is InChI=1S/C12H16N2O2/c1-15-11-4-3-10(9-12(11)16-2)14-7-5-13-6-8-14/h3-5,9H,6-8H2,1-2H3. The van der Waals surface area contributed by atoms with Gasteiger partial charge in [0.1, 0.15) is 0 Å². The summed E-state index contributed by atoms with van der Waals surface area (Å²) in [4.78, 5) is 6.47. The molecular weight excluding hydrogens is 204 g/mol. The number of rotatable bonds is 3. The Kier molecular flexibility index (Phi) is 3.29. The molecule has 0 saturated carbocycles. The van der Waals surface area contributed by atoms with E-state index in [-0.39, 0.29) is 0 Å². The van der Waals surface area contributed by atoms with Gasteiger partial charge in [-0.3, -0.25) is 4.99 Å². The second-order valence-electron chi connectivity index (χ2n) is 3.57. The van der Waals surface area contributed by atoms with Crippen molar-refractivity contribution in [2.45, 2.75) is 0 Å². The maximum Gasteiger partial charge on any atom is 0.162 e. The van der Waals surface area contributed by atoms with Crippen LogP contribution in [0.25, 0.3) is 0 Å². The first-order valence-electron chi connectivity index (χ1n) is 5.30. The molecular formula is C12H16N2O2. The minimum absolute atomic E-state index is 0.761. The van der Waals surface area contributed by atoms with E-state index >= 15 is 0 Å². The molecule has 1 aromatic carbocycles. The molecule has 0 saturated heterocycles. The maximum atomic E-state index is 5.28. The van der Waals surface area contributed by atoms with Gasteiger partial charge in [0, 0.05) is 24.5 Å². The molecule has 1 aliphatic heterocycles. The smallest absolute Gasteiger partial charge is 0.162 e. The van der Waals surface area contributed by atoms with Crippen LogP contribution in [0.2, 0.25) is 0 Å². The van der Waals surface area contributed by atoms with Gasteiger partial charge in [0.25, 0.3) is 0 Å². The molecule has 86 valence electrons. The van der Waals surface area contributed by atoms with Crippen molar-refractivity contribution in [2.75, 3.05) is 38.8 Å². The molecule has 0 radical (unpaired) electrons. The van der Waals surface area contributed by atoms with Gasteiger partial charge in [-0.2, -0.15) is 0 Å². The van der Waals surface area contributed by atoms with Crippen LogP contribution in [0.4, 0.5) is 5.69 Å². The van der Waals surface area contributed by atoms with E-state index in [0.29, 0.717) is 0 Å². The molecule has 0 N–H and O–H groups in total. The summed E-state index contributed by atoms with van der Waals surface area (Å²) >= 11 is 0. The number of anilines is 1. The molecule has 4 heteroatoms. The Morgan fingerprint density at radius 2 is 2.00 bits per heavy atom. The Hall–Kier alpha value is -1.71. The van der Waals surface area contributed by atoms with Crippen molar-refractivity contribution >= 4 is 11.9 Å². The van der Waals surface area contributed by atoms with Gasteiger partial charge in [-0.25, -0.2) is 0 Å². The molecule has 1 aromatic rings. The van der Waals surface area contributed by atoms with Gasteiger partial charge in [-0.05, 0) is 12.1 Å². The fourth-order valence-electron chi connectivity index (χ4n) is 1.77. The first-order chi connectivity index (χ1) is 7.85. The Balaban J connectivity index is 2.24. The van der Waals surface area contributed by atoms with Crippen LogP contribution >= 0.6 is 0 Å². The van der Waals surface area contributed by atoms with Crippen molar-refractivity contribution in [1.29, 1.82) is 0 Å². The average molecular weight is 220 g/mol. The lowest BCUT2D eigenvalue weighted by molar-refractivity contribution is 0.355. The van der Waals surface area contributed by atoms with Crippen LogP contribution in [0.1, 0.15) is 0 Å². The van der Waals surface area contributed by atoms with Crippen LogP contribution in [0.5, 0.6) is 11.5 Å². The topological polar surface area (TPSA) is 34.1 Å². The zero-order valence-electron chi connectivity index (χ0n) is 9.64. The predicted molar refractivity (Wildman–Crippen MR) is 65.1 cm³/mol. The summed E-state index contributed by atoms with van der Waals surface area (Å²) in [6, 6.07) is 5.97. The summed E-state index contributed by atoms with van der Waals surface area (Å²) in [7, 11) is 3.30. The van der Waals surface area contributed by atoms with Crippen LogP contribution < -0.4 is 14.4 Å². The molecule has 2 rings (SSSR count). The molecule has 0 aromatic heterocycles. The van der Waals surface area contributed by atoms with E-state index in [4.69, 9.17) is 9.47 Å². The molecule has 1 aliphatic rings. The van der Waals surface area contributed by atoms with Gasteiger partial charge in [-0.15, -0.1) is 0 Å². The summed E-state index contributed by atoms with van der Waals surface area (Å²) in [6.07, 6.45) is 1.94. The third kappa shape index (κ3) is 2.10. The number of hydrogen-bond acceptors (Lipinski definition) is 4. The fourth-order valence-corrected chi connectivity index (χ4v) is 1.77. The lowest BCUT2D eigenvalue weighted by Crippen LogP contribution is -2.31. The van der Waals surface area contributed by atoms with E-state index in [2.05, 4.69) is 9.89 Å². The van der Waals surface area contributed by atoms with Crippen molar-refractivity contribution in [2.24, 2.45) is 4.99 Å². The molecule has 4 nitrogen and oxygen atoms in total. The molecule has 0 amide bonds. The first kappa shape index (κ1) is 10.8. The quantitative estimate of drug-likeness (QED) is 0.775. The van der Waals surface area contributed by atoms with Crippen LogP contribution in [-0.4, -0.2) is 40.1 Å². The largest absolute Gasteiger partial charge is 0.493 e. The van der Waals surface area contributed by atoms with Gasteiger partial charge >= 0.3 is 0 Å². The Bertz CT molecular complexity index is 391. The predicted octanol–water partition coefficient (Wildman–Crippen LogP) is 1.59. The van der Waals surface area contributed by atoms with Crippen LogP contribution in [0, 0.1) is 0 Å². The normalized spacial score (nSPS) is 15.0. The lowest BCUT2D eigenvalue weighted by Gasteiger charge is -2.25. The maximum absolute atomic E-state index is 5.28. The highest BCUT2D eigenvalue weighted by Gasteiger charge is 2.11. The third-order valence-electron chi connectivity index (χ3n) is 2.66. The lowest BCUT2D eigenvalue weighted by atomic mass is 10.2. The zero-order chi connectivity index (χ0) is 11.4. The Morgan fingerprint density at radius 1 is 1.19 bits per heavy atom. The summed E-state index contributed by atoms with van der Waals surface area (Å²) in [6.45, 7) is 2.66. The van der Waals surface area contributed by atoms with Crippen LogP contribution in [0.3, 0.4) is 0 Å². The molecule has 0 fully saturated rings. The molecule has 1 heterocycles. The molecule has 0 aliphatic carbocycles. The molecule has 0 bridgehead atoms. The number of hydrogen-bond donors (Lipinski definition) is 0. The zero-order valence-corrected chi connectivity index (χ0v) is 9.64. The minimum atomic E-state index is 0.761. The van der Waals surface area contributed by atoms with Crippen molar-refractivity contribution in [1.82, 2.24) is 0 Å². The van der Waals surface area contributed by atoms with Gasteiger partial charge in [0.05, 0.1) is 27.3 Å². The minimum Gasteiger partial charge on any atom is -0.493 e. The average Bonchev–Trinajstić information content (AvgIpc) is 2.39. The van der Waals surface area contributed by atoms with Crippen molar-refractivity contribution in [3.63, 3.8) is 0 Å². The van der Waals surface area contributed by atoms with Crippen molar-refractivity contribution in [3.05, 3.63) is 18.2 Å². The third-order valence-corrected chi connectivity index (χ3v) is 2.66. The van der Waals surface area contributed by atoms with E-state index in [1.54, 1.807) is 14.2 Å². The number of aliphatic imine (C=N–C) groups is 1. The van der Waals surface area contributed by atoms with E-state index in [1.165, 1.54) is 0 Å². The number of nitrogens with zero attached hydrogens (tertiary/aromatic N) is 2. The Labute approximate surface area is 95.5 Å². The first-order valence-corrected chi connectivity index (χ1v) is 5.30. The van der Waals surface area contributed by atoms with Gasteiger partial charge in [0.2, 0.25) is 0 Å². The summed E-state index contributed by atoms with van der Waals surface area (Å²) in [5.41, 5.74) is 1.14. The summed E-state index contributed by atoms with van der Waals surface area (Å²) < 4.78 is 10.5. The fraction of sp³-hybridized carbons (Fsp3) is 0.417. The SMILES string of the molecule is COc1ccc(N2CC=NCC2)cc1OC. The van der Waals surface area contributed by atoms with Crippen molar-refractivity contribution in [3.8, 4) is 11.5 Å². The Morgan fingerprint density at radius 3 is 2.62 bits per heavy atom. The van der Waals surface area contributed by atoms with Crippen LogP contribution in [-0.2, 0) is 0 Å². The molecule has 0 unspecified atom stereocenters. The number of methoxy groups -OCH3 is 2. The summed E-state index contributed by atoms with van der Waals surface area (Å²) in [5, 5.41) is 0. The summed E-state index contributed by atoms with van der Waals surface area (Å²) in [5.74, 6) is 1.53. The van der Waals surface area contributed by atoms with E-state index in [0.717, 1.165) is 36.8 Å². The second-order valence-corrected chi connectivity index (χ2v) is 3.57. The highest BCUT2D eigenvalue weighted by Crippen LogP contribution is 2.31. The van der Waals surface area contributed by atoms with Gasteiger partial charge < -0.3 is 14.4 Å². The molecule has 0 atom stereocenters. The second kappa shape index (κ2) is 4.88. The molecule has 0 spiro atoms. The van der Waals surface area contributed by atoms with E-state index in [9.17, 15) is 0 Å². The van der Waals surface area contributed by atoms with E-state index < -0.39 is 0 Å². The number of benzene rings is 1. The van der Waals surface area contributed by atoms with Crippen molar-refractivity contribution < 1.29 is 9.47 Å². The van der Waals surface area contributed by atoms with E-state index in [1.807, 2.05) is 24.4 Å². The van der Waals surface area contributed by atoms with Gasteiger partial charge in [0.15, 0.2) is 11.5 Å². The molecule has 16 heavy (non-hydrogen) atoms.